The third kappa shape index (κ3) is 4.21. The van der Waals surface area contributed by atoms with Gasteiger partial charge in [-0.2, -0.15) is 0 Å². The molecular formula is C20H29N3OS. The number of nitrogens with zero attached hydrogens (tertiary/aromatic N) is 2. The zero-order chi connectivity index (χ0) is 18.0. The van der Waals surface area contributed by atoms with Gasteiger partial charge in [-0.15, -0.1) is 11.3 Å². The fourth-order valence-electron chi connectivity index (χ4n) is 3.66. The first-order valence-electron chi connectivity index (χ1n) is 9.30. The average Bonchev–Trinajstić information content (AvgIpc) is 3.02. The molecule has 3 rings (SSSR count). The van der Waals surface area contributed by atoms with Crippen LogP contribution in [0.1, 0.15) is 51.1 Å². The molecule has 1 aliphatic rings. The number of rotatable bonds is 5. The Bertz CT molecular complexity index is 696. The van der Waals surface area contributed by atoms with Gasteiger partial charge < -0.3 is 5.32 Å². The quantitative estimate of drug-likeness (QED) is 0.869. The SMILES string of the molecule is C[C@@H]1[C@@H](C)CCC[C@H]1NC(=O)CN(C)[C@@H](C)c1nc2ccccc2s1. The molecule has 4 atom stereocenters. The molecule has 1 aliphatic carbocycles. The van der Waals surface area contributed by atoms with Crippen molar-refractivity contribution in [2.75, 3.05) is 13.6 Å². The second-order valence-corrected chi connectivity index (χ2v) is 8.61. The van der Waals surface area contributed by atoms with E-state index in [0.717, 1.165) is 16.9 Å². The molecule has 1 saturated carbocycles. The molecule has 1 heterocycles. The maximum absolute atomic E-state index is 12.5. The van der Waals surface area contributed by atoms with Gasteiger partial charge in [0.05, 0.1) is 22.8 Å². The summed E-state index contributed by atoms with van der Waals surface area (Å²) in [6.45, 7) is 7.09. The van der Waals surface area contributed by atoms with Gasteiger partial charge in [0.15, 0.2) is 0 Å². The normalized spacial score (nSPS) is 25.2. The predicted molar refractivity (Wildman–Crippen MR) is 105 cm³/mol. The lowest BCUT2D eigenvalue weighted by molar-refractivity contribution is -0.123. The van der Waals surface area contributed by atoms with Crippen molar-refractivity contribution in [3.05, 3.63) is 29.3 Å². The molecule has 2 aromatic rings. The fourth-order valence-corrected chi connectivity index (χ4v) is 4.74. The fraction of sp³-hybridized carbons (Fsp3) is 0.600. The molecule has 0 bridgehead atoms. The molecule has 136 valence electrons. The van der Waals surface area contributed by atoms with Crippen LogP contribution in [0, 0.1) is 11.8 Å². The molecule has 1 N–H and O–H groups in total. The maximum atomic E-state index is 12.5. The Hall–Kier alpha value is -1.46. The number of nitrogens with one attached hydrogen (secondary N) is 1. The summed E-state index contributed by atoms with van der Waals surface area (Å²) in [5.41, 5.74) is 1.04. The van der Waals surface area contributed by atoms with Gasteiger partial charge in [0, 0.05) is 6.04 Å². The lowest BCUT2D eigenvalue weighted by atomic mass is 9.78. The molecule has 1 aromatic heterocycles. The number of carbonyl (C=O) groups is 1. The topological polar surface area (TPSA) is 45.2 Å². The van der Waals surface area contributed by atoms with Crippen LogP contribution in [0.2, 0.25) is 0 Å². The van der Waals surface area contributed by atoms with Crippen molar-refractivity contribution in [2.24, 2.45) is 11.8 Å². The molecule has 5 heteroatoms. The number of hydrogen-bond acceptors (Lipinski definition) is 4. The molecular weight excluding hydrogens is 330 g/mol. The van der Waals surface area contributed by atoms with Gasteiger partial charge in [0.1, 0.15) is 5.01 Å². The van der Waals surface area contributed by atoms with Gasteiger partial charge in [-0.05, 0) is 44.4 Å². The third-order valence-corrected chi connectivity index (χ3v) is 6.98. The van der Waals surface area contributed by atoms with Gasteiger partial charge in [-0.1, -0.05) is 38.8 Å². The van der Waals surface area contributed by atoms with E-state index in [1.54, 1.807) is 11.3 Å². The number of amides is 1. The van der Waals surface area contributed by atoms with Gasteiger partial charge in [0.2, 0.25) is 5.91 Å². The van der Waals surface area contributed by atoms with E-state index in [4.69, 9.17) is 4.98 Å². The van der Waals surface area contributed by atoms with Crippen LogP contribution >= 0.6 is 11.3 Å². The highest BCUT2D eigenvalue weighted by Gasteiger charge is 2.28. The zero-order valence-electron chi connectivity index (χ0n) is 15.7. The van der Waals surface area contributed by atoms with Crippen LogP contribution in [0.25, 0.3) is 10.2 Å². The number of likely N-dealkylation sites (N-methyl/N-ethyl adjacent to an activating group) is 1. The number of hydrogen-bond donors (Lipinski definition) is 1. The van der Waals surface area contributed by atoms with E-state index in [1.807, 2.05) is 25.2 Å². The molecule has 0 aliphatic heterocycles. The van der Waals surface area contributed by atoms with E-state index in [0.29, 0.717) is 24.4 Å². The summed E-state index contributed by atoms with van der Waals surface area (Å²) in [6.07, 6.45) is 3.60. The Morgan fingerprint density at radius 1 is 1.36 bits per heavy atom. The Morgan fingerprint density at radius 3 is 2.88 bits per heavy atom. The van der Waals surface area contributed by atoms with Crippen LogP contribution < -0.4 is 5.32 Å². The van der Waals surface area contributed by atoms with Crippen molar-refractivity contribution in [2.45, 2.75) is 52.1 Å². The standard InChI is InChI=1S/C20H29N3OS/c1-13-8-7-10-16(14(13)2)21-19(24)12-23(4)15(3)20-22-17-9-5-6-11-18(17)25-20/h5-6,9,11,13-16H,7-8,10,12H2,1-4H3,(H,21,24)/t13-,14+,15-,16+/m0/s1. The minimum atomic E-state index is 0.126. The first kappa shape index (κ1) is 18.3. The Labute approximate surface area is 154 Å². The summed E-state index contributed by atoms with van der Waals surface area (Å²) in [7, 11) is 2.00. The van der Waals surface area contributed by atoms with Crippen LogP contribution in [-0.4, -0.2) is 35.4 Å². The van der Waals surface area contributed by atoms with Gasteiger partial charge in [-0.3, -0.25) is 9.69 Å². The highest BCUT2D eigenvalue weighted by molar-refractivity contribution is 7.18. The number of thiazole rings is 1. The van der Waals surface area contributed by atoms with E-state index in [2.05, 4.69) is 37.1 Å². The molecule has 1 aromatic carbocycles. The van der Waals surface area contributed by atoms with Crippen molar-refractivity contribution < 1.29 is 4.79 Å². The molecule has 4 nitrogen and oxygen atoms in total. The molecule has 1 amide bonds. The number of para-hydroxylation sites is 1. The van der Waals surface area contributed by atoms with E-state index < -0.39 is 0 Å². The highest BCUT2D eigenvalue weighted by Crippen LogP contribution is 2.30. The molecule has 0 radical (unpaired) electrons. The second kappa shape index (κ2) is 7.83. The largest absolute Gasteiger partial charge is 0.352 e. The molecule has 1 fully saturated rings. The number of benzene rings is 1. The lowest BCUT2D eigenvalue weighted by Gasteiger charge is -2.35. The van der Waals surface area contributed by atoms with Crippen LogP contribution in [0.4, 0.5) is 0 Å². The van der Waals surface area contributed by atoms with Gasteiger partial charge >= 0.3 is 0 Å². The minimum Gasteiger partial charge on any atom is -0.352 e. The van der Waals surface area contributed by atoms with Crippen LogP contribution in [0.3, 0.4) is 0 Å². The summed E-state index contributed by atoms with van der Waals surface area (Å²) < 4.78 is 1.20. The van der Waals surface area contributed by atoms with Gasteiger partial charge in [-0.25, -0.2) is 4.98 Å². The van der Waals surface area contributed by atoms with Gasteiger partial charge in [0.25, 0.3) is 0 Å². The second-order valence-electron chi connectivity index (χ2n) is 7.55. The van der Waals surface area contributed by atoms with Crippen LogP contribution in [-0.2, 0) is 4.79 Å². The Kier molecular flexibility index (Phi) is 5.74. The summed E-state index contributed by atoms with van der Waals surface area (Å²) in [5.74, 6) is 1.38. The summed E-state index contributed by atoms with van der Waals surface area (Å²) in [6, 6.07) is 8.65. The summed E-state index contributed by atoms with van der Waals surface area (Å²) in [5, 5.41) is 4.33. The summed E-state index contributed by atoms with van der Waals surface area (Å²) in [4.78, 5) is 19.3. The molecule has 0 saturated heterocycles. The summed E-state index contributed by atoms with van der Waals surface area (Å²) >= 11 is 1.71. The Morgan fingerprint density at radius 2 is 2.12 bits per heavy atom. The van der Waals surface area contributed by atoms with Crippen LogP contribution in [0.15, 0.2) is 24.3 Å². The average molecular weight is 360 g/mol. The molecule has 25 heavy (non-hydrogen) atoms. The van der Waals surface area contributed by atoms with Crippen molar-refractivity contribution >= 4 is 27.5 Å². The van der Waals surface area contributed by atoms with Crippen LogP contribution in [0.5, 0.6) is 0 Å². The third-order valence-electron chi connectivity index (χ3n) is 5.78. The smallest absolute Gasteiger partial charge is 0.234 e. The first-order chi connectivity index (χ1) is 12.0. The maximum Gasteiger partial charge on any atom is 0.234 e. The van der Waals surface area contributed by atoms with Crippen molar-refractivity contribution in [3.63, 3.8) is 0 Å². The molecule has 0 unspecified atom stereocenters. The number of carbonyl (C=O) groups excluding carboxylic acids is 1. The van der Waals surface area contributed by atoms with E-state index in [-0.39, 0.29) is 11.9 Å². The van der Waals surface area contributed by atoms with E-state index in [9.17, 15) is 4.79 Å². The Balaban J connectivity index is 1.58. The lowest BCUT2D eigenvalue weighted by Crippen LogP contribution is -2.47. The van der Waals surface area contributed by atoms with Crippen molar-refractivity contribution in [1.82, 2.24) is 15.2 Å². The van der Waals surface area contributed by atoms with E-state index >= 15 is 0 Å². The zero-order valence-corrected chi connectivity index (χ0v) is 16.5. The van der Waals surface area contributed by atoms with Crippen molar-refractivity contribution in [3.8, 4) is 0 Å². The van der Waals surface area contributed by atoms with E-state index in [1.165, 1.54) is 17.5 Å². The minimum absolute atomic E-state index is 0.126. The number of aromatic nitrogens is 1. The van der Waals surface area contributed by atoms with Crippen molar-refractivity contribution in [1.29, 1.82) is 0 Å². The first-order valence-corrected chi connectivity index (χ1v) is 10.1. The monoisotopic (exact) mass is 359 g/mol. The highest BCUT2D eigenvalue weighted by atomic mass is 32.1. The molecule has 0 spiro atoms. The predicted octanol–water partition coefficient (Wildman–Crippen LogP) is 4.23. The number of fused-ring (bicyclic) bond motifs is 1.